The molecule has 0 radical (unpaired) electrons. The Morgan fingerprint density at radius 3 is 2.48 bits per heavy atom. The summed E-state index contributed by atoms with van der Waals surface area (Å²) in [6, 6.07) is 7.86. The number of methoxy groups -OCH3 is 1. The average Bonchev–Trinajstić information content (AvgIpc) is 2.72. The third kappa shape index (κ3) is 4.60. The minimum Gasteiger partial charge on any atom is -0.480 e. The fourth-order valence-corrected chi connectivity index (χ4v) is 3.10. The Labute approximate surface area is 164 Å². The Balaban J connectivity index is 1.67. The Hall–Kier alpha value is -2.54. The lowest BCUT2D eigenvalue weighted by molar-refractivity contribution is 0.0949. The van der Waals surface area contributed by atoms with Crippen LogP contribution in [0, 0.1) is 0 Å². The first kappa shape index (κ1) is 19.2. The molecule has 1 aliphatic heterocycles. The number of hydrogen-bond acceptors (Lipinski definition) is 6. The van der Waals surface area contributed by atoms with Crippen LogP contribution in [0.5, 0.6) is 5.88 Å². The molecule has 8 heteroatoms. The van der Waals surface area contributed by atoms with E-state index in [1.165, 1.54) is 13.3 Å². The normalized spacial score (nSPS) is 14.2. The van der Waals surface area contributed by atoms with Gasteiger partial charge in [0, 0.05) is 49.6 Å². The zero-order valence-electron chi connectivity index (χ0n) is 15.6. The van der Waals surface area contributed by atoms with Crippen LogP contribution in [0.3, 0.4) is 0 Å². The lowest BCUT2D eigenvalue weighted by Gasteiger charge is -2.36. The van der Waals surface area contributed by atoms with E-state index < -0.39 is 0 Å². The Bertz CT molecular complexity index is 776. The van der Waals surface area contributed by atoms with Gasteiger partial charge in [-0.1, -0.05) is 18.5 Å². The molecular formula is C19H24ClN5O2. The summed E-state index contributed by atoms with van der Waals surface area (Å²) in [6.45, 7) is 5.88. The van der Waals surface area contributed by atoms with Crippen molar-refractivity contribution >= 4 is 29.1 Å². The van der Waals surface area contributed by atoms with Crippen molar-refractivity contribution in [1.29, 1.82) is 0 Å². The number of anilines is 2. The molecule has 1 N–H and O–H groups in total. The molecule has 0 atom stereocenters. The number of amides is 1. The van der Waals surface area contributed by atoms with E-state index in [2.05, 4.69) is 25.1 Å². The minimum atomic E-state index is -0.215. The topological polar surface area (TPSA) is 70.6 Å². The van der Waals surface area contributed by atoms with Gasteiger partial charge in [0.25, 0.3) is 5.91 Å². The number of nitrogens with one attached hydrogen (secondary N) is 1. The van der Waals surface area contributed by atoms with Crippen LogP contribution < -0.4 is 19.9 Å². The van der Waals surface area contributed by atoms with Gasteiger partial charge in [0.2, 0.25) is 11.8 Å². The maximum Gasteiger partial charge on any atom is 0.258 e. The zero-order chi connectivity index (χ0) is 19.2. The average molecular weight is 390 g/mol. The molecule has 27 heavy (non-hydrogen) atoms. The van der Waals surface area contributed by atoms with E-state index in [4.69, 9.17) is 16.3 Å². The zero-order valence-corrected chi connectivity index (χ0v) is 16.4. The summed E-state index contributed by atoms with van der Waals surface area (Å²) < 4.78 is 5.32. The second kappa shape index (κ2) is 8.90. The molecule has 144 valence electrons. The van der Waals surface area contributed by atoms with Crippen LogP contribution in [-0.2, 0) is 0 Å². The maximum absolute atomic E-state index is 12.2. The van der Waals surface area contributed by atoms with Gasteiger partial charge in [0.1, 0.15) is 5.56 Å². The van der Waals surface area contributed by atoms with Crippen LogP contribution in [-0.4, -0.2) is 55.7 Å². The van der Waals surface area contributed by atoms with E-state index >= 15 is 0 Å². The number of hydrogen-bond donors (Lipinski definition) is 1. The van der Waals surface area contributed by atoms with Crippen LogP contribution in [0.4, 0.5) is 11.6 Å². The number of rotatable bonds is 6. The molecule has 0 unspecified atom stereocenters. The number of halogens is 1. The van der Waals surface area contributed by atoms with Crippen LogP contribution >= 0.6 is 11.6 Å². The van der Waals surface area contributed by atoms with E-state index in [0.717, 1.165) is 43.3 Å². The van der Waals surface area contributed by atoms with E-state index in [9.17, 15) is 4.79 Å². The molecular weight excluding hydrogens is 366 g/mol. The highest BCUT2D eigenvalue weighted by Gasteiger charge is 2.22. The molecule has 1 aromatic heterocycles. The second-order valence-electron chi connectivity index (χ2n) is 6.30. The summed E-state index contributed by atoms with van der Waals surface area (Å²) in [5.74, 6) is 0.663. The molecule has 1 aliphatic rings. The molecule has 2 aromatic rings. The molecule has 0 aliphatic carbocycles. The highest BCUT2D eigenvalue weighted by molar-refractivity contribution is 6.30. The Morgan fingerprint density at radius 1 is 1.19 bits per heavy atom. The van der Waals surface area contributed by atoms with Gasteiger partial charge < -0.3 is 19.9 Å². The summed E-state index contributed by atoms with van der Waals surface area (Å²) in [5.41, 5.74) is 1.51. The number of carbonyl (C=O) groups excluding carboxylic acids is 1. The number of benzene rings is 1. The van der Waals surface area contributed by atoms with Crippen molar-refractivity contribution in [3.05, 3.63) is 41.0 Å². The second-order valence-corrected chi connectivity index (χ2v) is 6.74. The van der Waals surface area contributed by atoms with E-state index in [-0.39, 0.29) is 5.91 Å². The Kier molecular flexibility index (Phi) is 6.34. The largest absolute Gasteiger partial charge is 0.480 e. The molecule has 2 heterocycles. The Morgan fingerprint density at radius 2 is 1.85 bits per heavy atom. The number of nitrogens with zero attached hydrogens (tertiary/aromatic N) is 4. The van der Waals surface area contributed by atoms with Crippen molar-refractivity contribution in [1.82, 2.24) is 15.3 Å². The van der Waals surface area contributed by atoms with Crippen molar-refractivity contribution in [2.24, 2.45) is 0 Å². The van der Waals surface area contributed by atoms with Gasteiger partial charge in [0.05, 0.1) is 7.11 Å². The lowest BCUT2D eigenvalue weighted by Crippen LogP contribution is -2.47. The molecule has 1 amide bonds. The van der Waals surface area contributed by atoms with Crippen molar-refractivity contribution in [3.63, 3.8) is 0 Å². The lowest BCUT2D eigenvalue weighted by atomic mass is 10.2. The summed E-state index contributed by atoms with van der Waals surface area (Å²) >= 11 is 5.96. The summed E-state index contributed by atoms with van der Waals surface area (Å²) in [7, 11) is 1.52. The maximum atomic E-state index is 12.2. The third-order valence-electron chi connectivity index (χ3n) is 4.47. The fourth-order valence-electron chi connectivity index (χ4n) is 2.97. The quantitative estimate of drug-likeness (QED) is 0.818. The van der Waals surface area contributed by atoms with E-state index in [0.29, 0.717) is 23.9 Å². The van der Waals surface area contributed by atoms with Gasteiger partial charge in [-0.2, -0.15) is 4.98 Å². The SMILES string of the molecule is CCCNC(=O)c1cnc(N2CCN(c3ccc(Cl)cc3)CC2)nc1OC. The highest BCUT2D eigenvalue weighted by atomic mass is 35.5. The van der Waals surface area contributed by atoms with Crippen LogP contribution in [0.15, 0.2) is 30.5 Å². The van der Waals surface area contributed by atoms with Gasteiger partial charge in [-0.15, -0.1) is 0 Å². The van der Waals surface area contributed by atoms with Gasteiger partial charge >= 0.3 is 0 Å². The number of carbonyl (C=O) groups is 1. The third-order valence-corrected chi connectivity index (χ3v) is 4.72. The molecule has 0 bridgehead atoms. The molecule has 7 nitrogen and oxygen atoms in total. The molecule has 0 spiro atoms. The summed E-state index contributed by atoms with van der Waals surface area (Å²) in [6.07, 6.45) is 2.41. The molecule has 3 rings (SSSR count). The summed E-state index contributed by atoms with van der Waals surface area (Å²) in [5, 5.41) is 3.56. The number of aromatic nitrogens is 2. The first-order valence-electron chi connectivity index (χ1n) is 9.07. The van der Waals surface area contributed by atoms with Gasteiger partial charge in [0.15, 0.2) is 0 Å². The van der Waals surface area contributed by atoms with Crippen molar-refractivity contribution in [2.75, 3.05) is 49.6 Å². The molecule has 1 fully saturated rings. The van der Waals surface area contributed by atoms with Crippen molar-refractivity contribution in [2.45, 2.75) is 13.3 Å². The van der Waals surface area contributed by atoms with Gasteiger partial charge in [-0.25, -0.2) is 4.98 Å². The molecule has 0 saturated carbocycles. The predicted molar refractivity (Wildman–Crippen MR) is 107 cm³/mol. The standard InChI is InChI=1S/C19H24ClN5O2/c1-3-8-21-17(26)16-13-22-19(23-18(16)27-2)25-11-9-24(10-12-25)15-6-4-14(20)5-7-15/h4-7,13H,3,8-12H2,1-2H3,(H,21,26). The fraction of sp³-hybridized carbons (Fsp3) is 0.421. The monoisotopic (exact) mass is 389 g/mol. The smallest absolute Gasteiger partial charge is 0.258 e. The predicted octanol–water partition coefficient (Wildman–Crippen LogP) is 2.61. The van der Waals surface area contributed by atoms with E-state index in [1.807, 2.05) is 31.2 Å². The first-order valence-corrected chi connectivity index (χ1v) is 9.45. The van der Waals surface area contributed by atoms with E-state index in [1.54, 1.807) is 0 Å². The van der Waals surface area contributed by atoms with Gasteiger partial charge in [-0.3, -0.25) is 4.79 Å². The molecule has 1 saturated heterocycles. The molecule has 1 aromatic carbocycles. The van der Waals surface area contributed by atoms with Crippen LogP contribution in [0.2, 0.25) is 5.02 Å². The number of ether oxygens (including phenoxy) is 1. The minimum absolute atomic E-state index is 0.215. The van der Waals surface area contributed by atoms with Gasteiger partial charge in [-0.05, 0) is 30.7 Å². The van der Waals surface area contributed by atoms with Crippen LogP contribution in [0.1, 0.15) is 23.7 Å². The van der Waals surface area contributed by atoms with Crippen molar-refractivity contribution < 1.29 is 9.53 Å². The number of piperazine rings is 1. The first-order chi connectivity index (χ1) is 13.1. The highest BCUT2D eigenvalue weighted by Crippen LogP contribution is 2.22. The summed E-state index contributed by atoms with van der Waals surface area (Å²) in [4.78, 5) is 25.4. The van der Waals surface area contributed by atoms with Crippen LogP contribution in [0.25, 0.3) is 0 Å². The van der Waals surface area contributed by atoms with Crippen molar-refractivity contribution in [3.8, 4) is 5.88 Å².